The van der Waals surface area contributed by atoms with Crippen LogP contribution in [0.5, 0.6) is 17.2 Å². The fourth-order valence-corrected chi connectivity index (χ4v) is 4.58. The van der Waals surface area contributed by atoms with Gasteiger partial charge in [0.15, 0.2) is 17.5 Å². The summed E-state index contributed by atoms with van der Waals surface area (Å²) in [5, 5.41) is 3.54. The molecule has 0 bridgehead atoms. The summed E-state index contributed by atoms with van der Waals surface area (Å²) in [6, 6.07) is 3.96. The first-order valence-corrected chi connectivity index (χ1v) is 9.95. The zero-order valence-electron chi connectivity index (χ0n) is 17.1. The van der Waals surface area contributed by atoms with Crippen molar-refractivity contribution in [2.45, 2.75) is 32.1 Å². The van der Waals surface area contributed by atoms with Crippen molar-refractivity contribution in [2.24, 2.45) is 16.8 Å². The van der Waals surface area contributed by atoms with E-state index in [0.717, 1.165) is 55.2 Å². The van der Waals surface area contributed by atoms with Crippen LogP contribution in [0.25, 0.3) is 0 Å². The molecule has 1 aromatic carbocycles. The summed E-state index contributed by atoms with van der Waals surface area (Å²) in [6.07, 6.45) is 6.35. The SMILES string of the molecule is CN=C(NCCc1ccc(OC)c(OC)c1OC)N1CC2CCCCC2C1. The summed E-state index contributed by atoms with van der Waals surface area (Å²) < 4.78 is 16.4. The Bertz CT molecular complexity index is 648. The monoisotopic (exact) mass is 375 g/mol. The third kappa shape index (κ3) is 4.25. The molecule has 0 spiro atoms. The summed E-state index contributed by atoms with van der Waals surface area (Å²) >= 11 is 0. The second-order valence-electron chi connectivity index (χ2n) is 7.43. The van der Waals surface area contributed by atoms with Crippen LogP contribution in [0.2, 0.25) is 0 Å². The van der Waals surface area contributed by atoms with Crippen molar-refractivity contribution in [1.29, 1.82) is 0 Å². The van der Waals surface area contributed by atoms with Gasteiger partial charge >= 0.3 is 0 Å². The lowest BCUT2D eigenvalue weighted by Gasteiger charge is -2.22. The molecule has 1 saturated heterocycles. The smallest absolute Gasteiger partial charge is 0.203 e. The maximum absolute atomic E-state index is 5.58. The molecule has 0 amide bonds. The molecule has 150 valence electrons. The van der Waals surface area contributed by atoms with Gasteiger partial charge in [0.2, 0.25) is 5.75 Å². The Hall–Kier alpha value is -2.11. The molecule has 6 nitrogen and oxygen atoms in total. The van der Waals surface area contributed by atoms with E-state index in [1.807, 2.05) is 19.2 Å². The Morgan fingerprint density at radius 3 is 2.26 bits per heavy atom. The Labute approximate surface area is 162 Å². The molecule has 2 fully saturated rings. The number of nitrogens with zero attached hydrogens (tertiary/aromatic N) is 2. The van der Waals surface area contributed by atoms with Crippen molar-refractivity contribution in [3.05, 3.63) is 17.7 Å². The number of fused-ring (bicyclic) bond motifs is 1. The Balaban J connectivity index is 1.60. The van der Waals surface area contributed by atoms with E-state index in [4.69, 9.17) is 14.2 Å². The first kappa shape index (κ1) is 19.6. The molecule has 1 aliphatic carbocycles. The first-order valence-electron chi connectivity index (χ1n) is 9.95. The quantitative estimate of drug-likeness (QED) is 0.612. The van der Waals surface area contributed by atoms with Gasteiger partial charge in [-0.25, -0.2) is 0 Å². The summed E-state index contributed by atoms with van der Waals surface area (Å²) in [4.78, 5) is 6.96. The third-order valence-corrected chi connectivity index (χ3v) is 5.95. The van der Waals surface area contributed by atoms with Crippen LogP contribution in [-0.4, -0.2) is 58.9 Å². The molecule has 1 aliphatic heterocycles. The molecule has 2 aliphatic rings. The second-order valence-corrected chi connectivity index (χ2v) is 7.43. The Kier molecular flexibility index (Phi) is 6.69. The van der Waals surface area contributed by atoms with Crippen molar-refractivity contribution in [1.82, 2.24) is 10.2 Å². The molecule has 1 heterocycles. The molecule has 1 saturated carbocycles. The number of hydrogen-bond donors (Lipinski definition) is 1. The van der Waals surface area contributed by atoms with E-state index in [9.17, 15) is 0 Å². The van der Waals surface area contributed by atoms with Crippen LogP contribution >= 0.6 is 0 Å². The number of guanidine groups is 1. The predicted molar refractivity (Wildman–Crippen MR) is 108 cm³/mol. The van der Waals surface area contributed by atoms with E-state index in [2.05, 4.69) is 15.2 Å². The van der Waals surface area contributed by atoms with Gasteiger partial charge in [-0.3, -0.25) is 4.99 Å². The fraction of sp³-hybridized carbons (Fsp3) is 0.667. The van der Waals surface area contributed by atoms with E-state index >= 15 is 0 Å². The number of methoxy groups -OCH3 is 3. The summed E-state index contributed by atoms with van der Waals surface area (Å²) in [7, 11) is 6.81. The van der Waals surface area contributed by atoms with Gasteiger partial charge in [-0.2, -0.15) is 0 Å². The predicted octanol–water partition coefficient (Wildman–Crippen LogP) is 2.95. The Morgan fingerprint density at radius 2 is 1.70 bits per heavy atom. The second kappa shape index (κ2) is 9.20. The fourth-order valence-electron chi connectivity index (χ4n) is 4.58. The highest BCUT2D eigenvalue weighted by molar-refractivity contribution is 5.80. The number of hydrogen-bond acceptors (Lipinski definition) is 4. The topological polar surface area (TPSA) is 55.3 Å². The number of rotatable bonds is 6. The van der Waals surface area contributed by atoms with E-state index in [0.29, 0.717) is 11.5 Å². The maximum atomic E-state index is 5.58. The first-order chi connectivity index (χ1) is 13.2. The minimum Gasteiger partial charge on any atom is -0.493 e. The van der Waals surface area contributed by atoms with Gasteiger partial charge in [0, 0.05) is 32.2 Å². The van der Waals surface area contributed by atoms with Crippen LogP contribution in [-0.2, 0) is 6.42 Å². The maximum Gasteiger partial charge on any atom is 0.203 e. The molecule has 1 N–H and O–H groups in total. The van der Waals surface area contributed by atoms with Crippen molar-refractivity contribution in [2.75, 3.05) is 48.0 Å². The largest absolute Gasteiger partial charge is 0.493 e. The summed E-state index contributed by atoms with van der Waals surface area (Å²) in [5.74, 6) is 4.78. The summed E-state index contributed by atoms with van der Waals surface area (Å²) in [6.45, 7) is 3.08. The lowest BCUT2D eigenvalue weighted by atomic mass is 9.82. The van der Waals surface area contributed by atoms with Gasteiger partial charge in [-0.1, -0.05) is 18.9 Å². The van der Waals surface area contributed by atoms with E-state index in [-0.39, 0.29) is 0 Å². The molecule has 2 atom stereocenters. The Morgan fingerprint density at radius 1 is 1.04 bits per heavy atom. The molecular formula is C21H33N3O3. The number of benzene rings is 1. The van der Waals surface area contributed by atoms with Crippen LogP contribution in [0.3, 0.4) is 0 Å². The van der Waals surface area contributed by atoms with E-state index in [1.54, 1.807) is 21.3 Å². The minimum absolute atomic E-state index is 0.644. The van der Waals surface area contributed by atoms with Crippen molar-refractivity contribution in [3.63, 3.8) is 0 Å². The highest BCUT2D eigenvalue weighted by Gasteiger charge is 2.35. The number of aliphatic imine (C=N–C) groups is 1. The van der Waals surface area contributed by atoms with E-state index in [1.165, 1.54) is 25.7 Å². The molecule has 27 heavy (non-hydrogen) atoms. The lowest BCUT2D eigenvalue weighted by Crippen LogP contribution is -2.41. The van der Waals surface area contributed by atoms with Crippen LogP contribution in [0.1, 0.15) is 31.2 Å². The third-order valence-electron chi connectivity index (χ3n) is 5.95. The van der Waals surface area contributed by atoms with Gasteiger partial charge in [0.25, 0.3) is 0 Å². The molecule has 6 heteroatoms. The van der Waals surface area contributed by atoms with Crippen LogP contribution < -0.4 is 19.5 Å². The van der Waals surface area contributed by atoms with Crippen molar-refractivity contribution >= 4 is 5.96 Å². The van der Waals surface area contributed by atoms with Gasteiger partial charge in [0.1, 0.15) is 0 Å². The normalized spacial score (nSPS) is 22.4. The molecule has 1 aromatic rings. The van der Waals surface area contributed by atoms with Crippen LogP contribution in [0, 0.1) is 11.8 Å². The van der Waals surface area contributed by atoms with E-state index < -0.39 is 0 Å². The molecule has 3 rings (SSSR count). The standard InChI is InChI=1S/C21H33N3O3/c1-22-21(24-13-16-7-5-6-8-17(16)14-24)23-12-11-15-9-10-18(25-2)20(27-4)19(15)26-3/h9-10,16-17H,5-8,11-14H2,1-4H3,(H,22,23). The molecule has 0 aromatic heterocycles. The van der Waals surface area contributed by atoms with Gasteiger partial charge in [0.05, 0.1) is 21.3 Å². The minimum atomic E-state index is 0.644. The van der Waals surface area contributed by atoms with Crippen LogP contribution in [0.15, 0.2) is 17.1 Å². The lowest BCUT2D eigenvalue weighted by molar-refractivity contribution is 0.299. The van der Waals surface area contributed by atoms with Gasteiger partial charge in [-0.15, -0.1) is 0 Å². The summed E-state index contributed by atoms with van der Waals surface area (Å²) in [5.41, 5.74) is 1.09. The molecular weight excluding hydrogens is 342 g/mol. The highest BCUT2D eigenvalue weighted by atomic mass is 16.5. The molecule has 0 radical (unpaired) electrons. The van der Waals surface area contributed by atoms with Crippen molar-refractivity contribution < 1.29 is 14.2 Å². The zero-order valence-corrected chi connectivity index (χ0v) is 17.1. The number of likely N-dealkylation sites (tertiary alicyclic amines) is 1. The van der Waals surface area contributed by atoms with Crippen LogP contribution in [0.4, 0.5) is 0 Å². The zero-order chi connectivity index (χ0) is 19.2. The van der Waals surface area contributed by atoms with Crippen molar-refractivity contribution in [3.8, 4) is 17.2 Å². The van der Waals surface area contributed by atoms with Gasteiger partial charge in [-0.05, 0) is 37.2 Å². The average molecular weight is 376 g/mol. The number of ether oxygens (including phenoxy) is 3. The number of nitrogens with one attached hydrogen (secondary N) is 1. The van der Waals surface area contributed by atoms with Gasteiger partial charge < -0.3 is 24.4 Å². The average Bonchev–Trinajstić information content (AvgIpc) is 3.14. The molecule has 2 unspecified atom stereocenters. The highest BCUT2D eigenvalue weighted by Crippen LogP contribution is 2.40.